The molecule has 28 heavy (non-hydrogen) atoms. The summed E-state index contributed by atoms with van der Waals surface area (Å²) in [6, 6.07) is 0. The van der Waals surface area contributed by atoms with Crippen molar-refractivity contribution in [3.8, 4) is 0 Å². The number of rotatable bonds is 20. The van der Waals surface area contributed by atoms with Crippen LogP contribution in [0.4, 0.5) is 0 Å². The monoisotopic (exact) mass is 402 g/mol. The fourth-order valence-electron chi connectivity index (χ4n) is 2.82. The Labute approximate surface area is 171 Å². The molecular weight excluding hydrogens is 360 g/mol. The number of ether oxygens (including phenoxy) is 3. The van der Waals surface area contributed by atoms with Gasteiger partial charge in [-0.15, -0.1) is 0 Å². The van der Waals surface area contributed by atoms with Gasteiger partial charge in [0.25, 0.3) is 0 Å². The molecule has 0 aliphatic rings. The number of hydrogen-bond acceptors (Lipinski definition) is 6. The Kier molecular flexibility index (Phi) is 17.5. The van der Waals surface area contributed by atoms with Crippen LogP contribution < -0.4 is 0 Å². The summed E-state index contributed by atoms with van der Waals surface area (Å²) in [5, 5.41) is 19.3. The van der Waals surface area contributed by atoms with Gasteiger partial charge in [-0.05, 0) is 13.3 Å². The first-order valence-electron chi connectivity index (χ1n) is 10.8. The predicted molar refractivity (Wildman–Crippen MR) is 111 cm³/mol. The van der Waals surface area contributed by atoms with E-state index in [4.69, 9.17) is 19.3 Å². The van der Waals surface area contributed by atoms with E-state index in [1.165, 1.54) is 44.9 Å². The number of carbonyl (C=O) groups excluding carboxylic acids is 1. The molecule has 0 bridgehead atoms. The molecule has 0 aliphatic carbocycles. The molecule has 6 nitrogen and oxygen atoms in total. The Morgan fingerprint density at radius 2 is 1.43 bits per heavy atom. The van der Waals surface area contributed by atoms with E-state index in [1.807, 2.05) is 0 Å². The highest BCUT2D eigenvalue weighted by Crippen LogP contribution is 2.20. The molecule has 0 aliphatic heterocycles. The predicted octanol–water partition coefficient (Wildman–Crippen LogP) is 4.13. The van der Waals surface area contributed by atoms with E-state index in [0.29, 0.717) is 13.0 Å². The summed E-state index contributed by atoms with van der Waals surface area (Å²) in [4.78, 5) is 11.8. The highest BCUT2D eigenvalue weighted by atomic mass is 16.7. The van der Waals surface area contributed by atoms with E-state index < -0.39 is 11.8 Å². The average Bonchev–Trinajstić information content (AvgIpc) is 2.66. The van der Waals surface area contributed by atoms with Crippen LogP contribution in [0.15, 0.2) is 12.2 Å². The summed E-state index contributed by atoms with van der Waals surface area (Å²) >= 11 is 0. The highest BCUT2D eigenvalue weighted by Gasteiger charge is 2.31. The van der Waals surface area contributed by atoms with Crippen molar-refractivity contribution in [3.05, 3.63) is 12.2 Å². The van der Waals surface area contributed by atoms with Gasteiger partial charge in [-0.3, -0.25) is 0 Å². The first-order valence-corrected chi connectivity index (χ1v) is 10.8. The van der Waals surface area contributed by atoms with Crippen molar-refractivity contribution < 1.29 is 29.2 Å². The molecule has 0 saturated heterocycles. The van der Waals surface area contributed by atoms with Gasteiger partial charge in [0.05, 0.1) is 26.4 Å². The summed E-state index contributed by atoms with van der Waals surface area (Å²) in [6.45, 7) is 7.99. The van der Waals surface area contributed by atoms with Crippen molar-refractivity contribution in [2.24, 2.45) is 0 Å². The molecule has 1 unspecified atom stereocenters. The van der Waals surface area contributed by atoms with Gasteiger partial charge in [0.2, 0.25) is 5.79 Å². The lowest BCUT2D eigenvalue weighted by molar-refractivity contribution is -0.229. The lowest BCUT2D eigenvalue weighted by Crippen LogP contribution is -2.40. The third-order valence-electron chi connectivity index (χ3n) is 4.49. The zero-order valence-corrected chi connectivity index (χ0v) is 18.0. The first kappa shape index (κ1) is 27.0. The maximum absolute atomic E-state index is 11.8. The number of unbranched alkanes of at least 4 members (excludes halogenated alkanes) is 9. The highest BCUT2D eigenvalue weighted by molar-refractivity contribution is 5.87. The van der Waals surface area contributed by atoms with E-state index in [9.17, 15) is 9.90 Å². The van der Waals surface area contributed by atoms with Crippen molar-refractivity contribution in [1.29, 1.82) is 0 Å². The zero-order chi connectivity index (χ0) is 21.1. The molecule has 0 aromatic heterocycles. The molecule has 0 fully saturated rings. The molecule has 0 saturated carbocycles. The van der Waals surface area contributed by atoms with Gasteiger partial charge in [0.15, 0.2) is 0 Å². The molecule has 1 atom stereocenters. The number of esters is 1. The van der Waals surface area contributed by atoms with Gasteiger partial charge in [0.1, 0.15) is 6.61 Å². The molecule has 0 amide bonds. The van der Waals surface area contributed by atoms with E-state index >= 15 is 0 Å². The number of hydrogen-bond donors (Lipinski definition) is 2. The van der Waals surface area contributed by atoms with Crippen LogP contribution in [0, 0.1) is 0 Å². The quantitative estimate of drug-likeness (QED) is 0.138. The number of aliphatic hydroxyl groups excluding tert-OH is 1. The van der Waals surface area contributed by atoms with Crippen LogP contribution in [0.1, 0.15) is 84.5 Å². The Morgan fingerprint density at radius 1 is 0.893 bits per heavy atom. The van der Waals surface area contributed by atoms with Gasteiger partial charge in [-0.2, -0.15) is 0 Å². The van der Waals surface area contributed by atoms with Gasteiger partial charge in [-0.25, -0.2) is 4.79 Å². The topological polar surface area (TPSA) is 85.2 Å². The summed E-state index contributed by atoms with van der Waals surface area (Å²) < 4.78 is 15.7. The Balaban J connectivity index is 4.06. The summed E-state index contributed by atoms with van der Waals surface area (Å²) in [5.41, 5.74) is 0.243. The lowest BCUT2D eigenvalue weighted by Gasteiger charge is -2.28. The smallest absolute Gasteiger partial charge is 0.335 e. The van der Waals surface area contributed by atoms with Gasteiger partial charge in [0, 0.05) is 12.0 Å². The van der Waals surface area contributed by atoms with E-state index in [0.717, 1.165) is 19.3 Å². The molecule has 166 valence electrons. The van der Waals surface area contributed by atoms with E-state index in [1.54, 1.807) is 6.92 Å². The van der Waals surface area contributed by atoms with Crippen LogP contribution in [0.2, 0.25) is 0 Å². The minimum atomic E-state index is -1.65. The van der Waals surface area contributed by atoms with Crippen LogP contribution in [-0.2, 0) is 19.0 Å². The lowest BCUT2D eigenvalue weighted by atomic mass is 10.0. The van der Waals surface area contributed by atoms with Crippen LogP contribution >= 0.6 is 0 Å². The molecular formula is C22H42O6. The molecule has 0 rings (SSSR count). The molecule has 2 N–H and O–H groups in total. The van der Waals surface area contributed by atoms with Crippen molar-refractivity contribution in [3.63, 3.8) is 0 Å². The van der Waals surface area contributed by atoms with Gasteiger partial charge < -0.3 is 24.4 Å². The minimum Gasteiger partial charge on any atom is -0.427 e. The van der Waals surface area contributed by atoms with E-state index in [2.05, 4.69) is 13.5 Å². The third kappa shape index (κ3) is 16.0. The van der Waals surface area contributed by atoms with Crippen LogP contribution in [-0.4, -0.2) is 55.0 Å². The van der Waals surface area contributed by atoms with Crippen LogP contribution in [0.25, 0.3) is 0 Å². The van der Waals surface area contributed by atoms with Gasteiger partial charge >= 0.3 is 5.97 Å². The summed E-state index contributed by atoms with van der Waals surface area (Å²) in [6.07, 6.45) is 12.2. The SMILES string of the molecule is C=C(C)C(=O)OC(O)(CCCCCCCCCCCC)COCCOCCO. The van der Waals surface area contributed by atoms with Crippen molar-refractivity contribution in [2.45, 2.75) is 90.3 Å². The molecule has 0 aromatic rings. The number of aliphatic hydroxyl groups is 2. The average molecular weight is 403 g/mol. The second-order valence-corrected chi connectivity index (χ2v) is 7.44. The van der Waals surface area contributed by atoms with Gasteiger partial charge in [-0.1, -0.05) is 71.3 Å². The Morgan fingerprint density at radius 3 is 1.96 bits per heavy atom. The Hall–Kier alpha value is -0.950. The van der Waals surface area contributed by atoms with E-state index in [-0.39, 0.29) is 32.0 Å². The standard InChI is InChI=1S/C22H42O6/c1-4-5-6-7-8-9-10-11-12-13-14-22(25,28-21(24)20(2)3)19-27-18-17-26-16-15-23/h23,25H,2,4-19H2,1,3H3. The van der Waals surface area contributed by atoms with Crippen molar-refractivity contribution >= 4 is 5.97 Å². The van der Waals surface area contributed by atoms with Crippen molar-refractivity contribution in [1.82, 2.24) is 0 Å². The normalized spacial score (nSPS) is 13.3. The van der Waals surface area contributed by atoms with Crippen LogP contribution in [0.5, 0.6) is 0 Å². The molecule has 0 spiro atoms. The minimum absolute atomic E-state index is 0.0428. The van der Waals surface area contributed by atoms with Crippen LogP contribution in [0.3, 0.4) is 0 Å². The Bertz CT molecular complexity index is 398. The second kappa shape index (κ2) is 18.1. The van der Waals surface area contributed by atoms with Crippen molar-refractivity contribution in [2.75, 3.05) is 33.0 Å². The first-order chi connectivity index (χ1) is 13.4. The molecule has 6 heteroatoms. The number of carbonyl (C=O) groups is 1. The fraction of sp³-hybridized carbons (Fsp3) is 0.864. The second-order valence-electron chi connectivity index (χ2n) is 7.44. The molecule has 0 radical (unpaired) electrons. The largest absolute Gasteiger partial charge is 0.427 e. The summed E-state index contributed by atoms with van der Waals surface area (Å²) in [5.74, 6) is -2.26. The maximum atomic E-state index is 11.8. The molecule has 0 heterocycles. The fourth-order valence-corrected chi connectivity index (χ4v) is 2.82. The maximum Gasteiger partial charge on any atom is 0.335 e. The zero-order valence-electron chi connectivity index (χ0n) is 18.0. The third-order valence-corrected chi connectivity index (χ3v) is 4.49. The molecule has 0 aromatic carbocycles. The summed E-state index contributed by atoms with van der Waals surface area (Å²) in [7, 11) is 0.